The van der Waals surface area contributed by atoms with Crippen LogP contribution in [0, 0.1) is 17.2 Å². The summed E-state index contributed by atoms with van der Waals surface area (Å²) >= 11 is 0. The third-order valence-electron chi connectivity index (χ3n) is 1.18. The average molecular weight is 139 g/mol. The topological polar surface area (TPSA) is 82.0 Å². The van der Waals surface area contributed by atoms with Gasteiger partial charge < -0.3 is 5.32 Å². The molecule has 0 aromatic heterocycles. The number of carbonyl (C=O) groups excluding carboxylic acids is 2. The fourth-order valence-electron chi connectivity index (χ4n) is 0.635. The number of imide groups is 1. The van der Waals surface area contributed by atoms with E-state index in [-0.39, 0.29) is 6.54 Å². The van der Waals surface area contributed by atoms with Crippen LogP contribution in [0.4, 0.5) is 4.79 Å². The summed E-state index contributed by atoms with van der Waals surface area (Å²) in [5.41, 5.74) is 0. The molecular weight excluding hydrogens is 134 g/mol. The zero-order valence-corrected chi connectivity index (χ0v) is 5.05. The highest BCUT2D eigenvalue weighted by Gasteiger charge is 2.25. The lowest BCUT2D eigenvalue weighted by atomic mass is 10.1. The molecule has 3 amide bonds. The van der Waals surface area contributed by atoms with Crippen molar-refractivity contribution in [3.8, 4) is 6.07 Å². The monoisotopic (exact) mass is 139 g/mol. The lowest BCUT2D eigenvalue weighted by Crippen LogP contribution is -2.51. The minimum atomic E-state index is -0.738. The molecule has 10 heavy (non-hydrogen) atoms. The third-order valence-corrected chi connectivity index (χ3v) is 1.18. The molecule has 1 heterocycles. The summed E-state index contributed by atoms with van der Waals surface area (Å²) in [4.78, 5) is 21.0. The van der Waals surface area contributed by atoms with Gasteiger partial charge in [0.25, 0.3) is 0 Å². The minimum absolute atomic E-state index is 0.112. The first-order valence-electron chi connectivity index (χ1n) is 2.72. The number of urea groups is 1. The third kappa shape index (κ3) is 1.05. The zero-order chi connectivity index (χ0) is 7.56. The normalized spacial score (nSPS) is 24.5. The Hall–Kier alpha value is -1.57. The van der Waals surface area contributed by atoms with Crippen LogP contribution in [0.1, 0.15) is 0 Å². The molecule has 1 atom stereocenters. The second-order valence-electron chi connectivity index (χ2n) is 1.88. The highest BCUT2D eigenvalue weighted by molar-refractivity contribution is 5.99. The molecule has 0 bridgehead atoms. The smallest absolute Gasteiger partial charge is 0.321 e. The van der Waals surface area contributed by atoms with Gasteiger partial charge in [-0.25, -0.2) is 4.79 Å². The van der Waals surface area contributed by atoms with Gasteiger partial charge in [0.15, 0.2) is 0 Å². The van der Waals surface area contributed by atoms with Crippen LogP contribution in [0.25, 0.3) is 0 Å². The highest BCUT2D eigenvalue weighted by Crippen LogP contribution is 1.95. The Morgan fingerprint density at radius 3 is 2.80 bits per heavy atom. The Morgan fingerprint density at radius 1 is 1.60 bits per heavy atom. The van der Waals surface area contributed by atoms with Crippen LogP contribution in [0.5, 0.6) is 0 Å². The molecule has 1 fully saturated rings. The standard InChI is InChI=1S/C5H5N3O2/c6-1-3-2-7-5(10)8-4(3)9/h3H,2H2,(H2,7,8,9,10)/t3-/m1/s1. The van der Waals surface area contributed by atoms with Crippen molar-refractivity contribution in [2.75, 3.05) is 6.54 Å². The molecule has 5 heteroatoms. The molecule has 0 spiro atoms. The van der Waals surface area contributed by atoms with Gasteiger partial charge in [0.05, 0.1) is 6.07 Å². The van der Waals surface area contributed by atoms with E-state index in [0.29, 0.717) is 0 Å². The minimum Gasteiger partial charge on any atom is -0.336 e. The van der Waals surface area contributed by atoms with Crippen LogP contribution in [-0.2, 0) is 4.79 Å². The van der Waals surface area contributed by atoms with Crippen LogP contribution >= 0.6 is 0 Å². The summed E-state index contributed by atoms with van der Waals surface area (Å²) in [7, 11) is 0. The lowest BCUT2D eigenvalue weighted by molar-refractivity contribution is -0.122. The zero-order valence-electron chi connectivity index (χ0n) is 5.05. The first-order valence-corrected chi connectivity index (χ1v) is 2.72. The van der Waals surface area contributed by atoms with Crippen molar-refractivity contribution < 1.29 is 9.59 Å². The van der Waals surface area contributed by atoms with Crippen molar-refractivity contribution in [1.29, 1.82) is 5.26 Å². The first-order chi connectivity index (χ1) is 4.74. The maximum Gasteiger partial charge on any atom is 0.321 e. The Kier molecular flexibility index (Phi) is 1.54. The van der Waals surface area contributed by atoms with E-state index < -0.39 is 17.9 Å². The van der Waals surface area contributed by atoms with E-state index in [1.165, 1.54) is 0 Å². The fraction of sp³-hybridized carbons (Fsp3) is 0.400. The molecule has 52 valence electrons. The van der Waals surface area contributed by atoms with E-state index in [9.17, 15) is 9.59 Å². The predicted octanol–water partition coefficient (Wildman–Crippen LogP) is -1.03. The van der Waals surface area contributed by atoms with Gasteiger partial charge >= 0.3 is 6.03 Å². The van der Waals surface area contributed by atoms with Gasteiger partial charge in [-0.2, -0.15) is 5.26 Å². The van der Waals surface area contributed by atoms with Gasteiger partial charge in [-0.1, -0.05) is 0 Å². The van der Waals surface area contributed by atoms with E-state index in [1.807, 2.05) is 5.32 Å². The van der Waals surface area contributed by atoms with E-state index in [0.717, 1.165) is 0 Å². The number of carbonyl (C=O) groups is 2. The Morgan fingerprint density at radius 2 is 2.30 bits per heavy atom. The molecule has 5 nitrogen and oxygen atoms in total. The van der Waals surface area contributed by atoms with E-state index >= 15 is 0 Å². The van der Waals surface area contributed by atoms with E-state index in [4.69, 9.17) is 5.26 Å². The Balaban J connectivity index is 2.62. The van der Waals surface area contributed by atoms with Gasteiger partial charge in [-0.05, 0) is 0 Å². The van der Waals surface area contributed by atoms with Crippen LogP contribution in [0.15, 0.2) is 0 Å². The number of nitrogens with one attached hydrogen (secondary N) is 2. The number of hydrogen-bond acceptors (Lipinski definition) is 3. The molecule has 0 saturated carbocycles. The molecule has 0 aromatic rings. The second-order valence-corrected chi connectivity index (χ2v) is 1.88. The number of nitrogens with zero attached hydrogens (tertiary/aromatic N) is 1. The molecule has 1 rings (SSSR count). The molecule has 1 aliphatic heterocycles. The summed E-state index contributed by atoms with van der Waals surface area (Å²) in [6.45, 7) is 0.112. The quantitative estimate of drug-likeness (QED) is 0.450. The van der Waals surface area contributed by atoms with Crippen molar-refractivity contribution >= 4 is 11.9 Å². The summed E-state index contributed by atoms with van der Waals surface area (Å²) in [5.74, 6) is -1.26. The summed E-state index contributed by atoms with van der Waals surface area (Å²) in [5, 5.41) is 12.6. The Labute approximate surface area is 57.0 Å². The van der Waals surface area contributed by atoms with E-state index in [2.05, 4.69) is 5.32 Å². The van der Waals surface area contributed by atoms with Crippen LogP contribution in [0.3, 0.4) is 0 Å². The number of hydrogen-bond donors (Lipinski definition) is 2. The largest absolute Gasteiger partial charge is 0.336 e. The molecule has 1 aliphatic rings. The van der Waals surface area contributed by atoms with Crippen molar-refractivity contribution in [3.05, 3.63) is 0 Å². The van der Waals surface area contributed by atoms with Crippen molar-refractivity contribution in [2.45, 2.75) is 0 Å². The number of rotatable bonds is 0. The molecule has 0 radical (unpaired) electrons. The van der Waals surface area contributed by atoms with Crippen LogP contribution in [0.2, 0.25) is 0 Å². The van der Waals surface area contributed by atoms with Gasteiger partial charge in [0.2, 0.25) is 5.91 Å². The SMILES string of the molecule is N#C[C@@H]1CNC(=O)NC1=O. The molecule has 2 N–H and O–H groups in total. The first kappa shape index (κ1) is 6.55. The second kappa shape index (κ2) is 2.35. The fourth-order valence-corrected chi connectivity index (χ4v) is 0.635. The molecule has 0 aliphatic carbocycles. The van der Waals surface area contributed by atoms with Crippen molar-refractivity contribution in [1.82, 2.24) is 10.6 Å². The number of nitriles is 1. The maximum atomic E-state index is 10.6. The predicted molar refractivity (Wildman–Crippen MR) is 30.6 cm³/mol. The van der Waals surface area contributed by atoms with Gasteiger partial charge in [-0.3, -0.25) is 10.1 Å². The summed E-state index contributed by atoms with van der Waals surface area (Å²) < 4.78 is 0. The molecule has 1 saturated heterocycles. The molecule has 0 unspecified atom stereocenters. The Bertz CT molecular complexity index is 217. The van der Waals surface area contributed by atoms with Crippen molar-refractivity contribution in [2.24, 2.45) is 5.92 Å². The molecular formula is C5H5N3O2. The summed E-state index contributed by atoms with van der Waals surface area (Å²) in [6.07, 6.45) is 0. The average Bonchev–Trinajstić information content (AvgIpc) is 1.88. The van der Waals surface area contributed by atoms with E-state index in [1.54, 1.807) is 6.07 Å². The van der Waals surface area contributed by atoms with Crippen LogP contribution < -0.4 is 10.6 Å². The maximum absolute atomic E-state index is 10.6. The molecule has 0 aromatic carbocycles. The van der Waals surface area contributed by atoms with Gasteiger partial charge in [0.1, 0.15) is 5.92 Å². The lowest BCUT2D eigenvalue weighted by Gasteiger charge is -2.15. The van der Waals surface area contributed by atoms with Crippen LogP contribution in [-0.4, -0.2) is 18.5 Å². The number of amides is 3. The van der Waals surface area contributed by atoms with Gasteiger partial charge in [-0.15, -0.1) is 0 Å². The highest BCUT2D eigenvalue weighted by atomic mass is 16.2. The van der Waals surface area contributed by atoms with Gasteiger partial charge in [0, 0.05) is 6.54 Å². The van der Waals surface area contributed by atoms with Crippen molar-refractivity contribution in [3.63, 3.8) is 0 Å². The summed E-state index contributed by atoms with van der Waals surface area (Å²) in [6, 6.07) is 1.22.